The Balaban J connectivity index is 2.77. The Hall–Kier alpha value is -2.63. The Morgan fingerprint density at radius 1 is 0.962 bits per heavy atom. The van der Waals surface area contributed by atoms with Gasteiger partial charge in [0.2, 0.25) is 0 Å². The van der Waals surface area contributed by atoms with Crippen LogP contribution in [0.5, 0.6) is 0 Å². The number of carbonyl (C=O) groups excluding carboxylic acids is 1. The number of esters is 1. The first kappa shape index (κ1) is 19.7. The Morgan fingerprint density at radius 3 is 1.85 bits per heavy atom. The number of rotatable bonds is 3. The summed E-state index contributed by atoms with van der Waals surface area (Å²) in [4.78, 5) is 23.5. The van der Waals surface area contributed by atoms with E-state index in [0.717, 1.165) is 11.1 Å². The molecule has 0 radical (unpaired) electrons. The first-order valence-electron chi connectivity index (χ1n) is 8.42. The van der Waals surface area contributed by atoms with Gasteiger partial charge in [-0.05, 0) is 34.1 Å². The average molecular weight is 358 g/mol. The standard InChI is InChI=1S/C20H26N2O4/c1-19(2,3)12-8-13(20(4,5)6)10-14(9-12)22-16(17(23)24)11-15(21-22)18(25)26-7/h8-11H,1-7H3,(H,23,24). The zero-order valence-corrected chi connectivity index (χ0v) is 16.4. The van der Waals surface area contributed by atoms with Gasteiger partial charge in [0, 0.05) is 6.07 Å². The maximum atomic E-state index is 11.8. The molecule has 0 aliphatic carbocycles. The monoisotopic (exact) mass is 358 g/mol. The van der Waals surface area contributed by atoms with Crippen molar-refractivity contribution in [1.29, 1.82) is 0 Å². The largest absolute Gasteiger partial charge is 0.477 e. The molecule has 2 rings (SSSR count). The molecule has 0 saturated carbocycles. The van der Waals surface area contributed by atoms with Crippen molar-refractivity contribution in [2.75, 3.05) is 7.11 Å². The van der Waals surface area contributed by atoms with E-state index in [2.05, 4.69) is 57.4 Å². The molecule has 0 saturated heterocycles. The van der Waals surface area contributed by atoms with E-state index in [4.69, 9.17) is 0 Å². The molecular formula is C20H26N2O4. The number of aromatic nitrogens is 2. The highest BCUT2D eigenvalue weighted by Gasteiger charge is 2.24. The van der Waals surface area contributed by atoms with Crippen LogP contribution in [0.25, 0.3) is 5.69 Å². The minimum atomic E-state index is -1.16. The summed E-state index contributed by atoms with van der Waals surface area (Å²) < 4.78 is 5.96. The summed E-state index contributed by atoms with van der Waals surface area (Å²) in [6, 6.07) is 7.19. The molecule has 6 nitrogen and oxygen atoms in total. The second-order valence-corrected chi connectivity index (χ2v) is 8.39. The highest BCUT2D eigenvalue weighted by atomic mass is 16.5. The van der Waals surface area contributed by atoms with E-state index in [0.29, 0.717) is 5.69 Å². The van der Waals surface area contributed by atoms with Gasteiger partial charge in [-0.3, -0.25) is 0 Å². The summed E-state index contributed by atoms with van der Waals surface area (Å²) in [6.45, 7) is 12.6. The Bertz CT molecular complexity index is 819. The van der Waals surface area contributed by atoms with Crippen LogP contribution in [0.4, 0.5) is 0 Å². The number of hydrogen-bond acceptors (Lipinski definition) is 4. The van der Waals surface area contributed by atoms with Crippen molar-refractivity contribution in [3.05, 3.63) is 46.8 Å². The Kier molecular flexibility index (Phi) is 4.99. The molecule has 0 aliphatic heterocycles. The lowest BCUT2D eigenvalue weighted by Crippen LogP contribution is -2.18. The third-order valence-corrected chi connectivity index (χ3v) is 4.22. The third-order valence-electron chi connectivity index (χ3n) is 4.22. The average Bonchev–Trinajstić information content (AvgIpc) is 2.97. The fourth-order valence-corrected chi connectivity index (χ4v) is 2.53. The van der Waals surface area contributed by atoms with Crippen molar-refractivity contribution in [2.24, 2.45) is 0 Å². The van der Waals surface area contributed by atoms with Gasteiger partial charge in [-0.15, -0.1) is 0 Å². The van der Waals surface area contributed by atoms with Gasteiger partial charge < -0.3 is 9.84 Å². The molecule has 26 heavy (non-hydrogen) atoms. The molecule has 0 aliphatic rings. The molecule has 140 valence electrons. The van der Waals surface area contributed by atoms with E-state index in [1.807, 2.05) is 12.1 Å². The van der Waals surface area contributed by atoms with Crippen LogP contribution >= 0.6 is 0 Å². The van der Waals surface area contributed by atoms with Crippen molar-refractivity contribution in [2.45, 2.75) is 52.4 Å². The van der Waals surface area contributed by atoms with Gasteiger partial charge in [-0.1, -0.05) is 47.6 Å². The quantitative estimate of drug-likeness (QED) is 0.840. The molecule has 0 unspecified atom stereocenters. The molecule has 0 amide bonds. The lowest BCUT2D eigenvalue weighted by atomic mass is 9.80. The molecule has 2 aromatic rings. The van der Waals surface area contributed by atoms with Crippen LogP contribution in [0.1, 0.15) is 73.6 Å². The molecule has 0 fully saturated rings. The van der Waals surface area contributed by atoms with E-state index in [1.54, 1.807) is 0 Å². The van der Waals surface area contributed by atoms with Gasteiger partial charge >= 0.3 is 11.9 Å². The van der Waals surface area contributed by atoms with Crippen molar-refractivity contribution in [3.63, 3.8) is 0 Å². The fourth-order valence-electron chi connectivity index (χ4n) is 2.53. The summed E-state index contributed by atoms with van der Waals surface area (Å²) in [5.41, 5.74) is 2.35. The van der Waals surface area contributed by atoms with Crippen molar-refractivity contribution in [3.8, 4) is 5.69 Å². The maximum Gasteiger partial charge on any atom is 0.358 e. The molecule has 1 aromatic carbocycles. The van der Waals surface area contributed by atoms with Gasteiger partial charge in [0.1, 0.15) is 0 Å². The highest BCUT2D eigenvalue weighted by molar-refractivity contribution is 5.93. The van der Waals surface area contributed by atoms with Gasteiger partial charge in [-0.2, -0.15) is 5.10 Å². The SMILES string of the molecule is COC(=O)c1cc(C(=O)O)n(-c2cc(C(C)(C)C)cc(C(C)(C)C)c2)n1. The number of carboxylic acids is 1. The van der Waals surface area contributed by atoms with E-state index < -0.39 is 11.9 Å². The van der Waals surface area contributed by atoms with Gasteiger partial charge in [0.15, 0.2) is 11.4 Å². The van der Waals surface area contributed by atoms with Gasteiger partial charge in [-0.25, -0.2) is 14.3 Å². The van der Waals surface area contributed by atoms with Crippen LogP contribution < -0.4 is 0 Å². The zero-order valence-electron chi connectivity index (χ0n) is 16.4. The molecule has 0 spiro atoms. The van der Waals surface area contributed by atoms with E-state index in [1.165, 1.54) is 17.9 Å². The van der Waals surface area contributed by atoms with E-state index in [-0.39, 0.29) is 22.2 Å². The van der Waals surface area contributed by atoms with E-state index in [9.17, 15) is 14.7 Å². The summed E-state index contributed by atoms with van der Waals surface area (Å²) in [6.07, 6.45) is 0. The Labute approximate surface area is 153 Å². The zero-order chi connectivity index (χ0) is 19.9. The van der Waals surface area contributed by atoms with Crippen molar-refractivity contribution in [1.82, 2.24) is 9.78 Å². The predicted octanol–water partition coefficient (Wildman–Crippen LogP) is 3.95. The molecule has 1 N–H and O–H groups in total. The predicted molar refractivity (Wildman–Crippen MR) is 99.3 cm³/mol. The number of benzene rings is 1. The second kappa shape index (κ2) is 6.59. The summed E-state index contributed by atoms with van der Waals surface area (Å²) in [5.74, 6) is -1.83. The summed E-state index contributed by atoms with van der Waals surface area (Å²) in [7, 11) is 1.24. The number of ether oxygens (including phenoxy) is 1. The topological polar surface area (TPSA) is 81.4 Å². The van der Waals surface area contributed by atoms with Crippen LogP contribution in [0, 0.1) is 0 Å². The molecule has 0 bridgehead atoms. The molecular weight excluding hydrogens is 332 g/mol. The molecule has 1 aromatic heterocycles. The number of hydrogen-bond donors (Lipinski definition) is 1. The molecule has 6 heteroatoms. The van der Waals surface area contributed by atoms with Crippen LogP contribution in [-0.2, 0) is 15.6 Å². The normalized spacial score (nSPS) is 12.1. The first-order chi connectivity index (χ1) is 11.8. The van der Waals surface area contributed by atoms with Crippen LogP contribution in [0.3, 0.4) is 0 Å². The summed E-state index contributed by atoms with van der Waals surface area (Å²) in [5, 5.41) is 13.7. The van der Waals surface area contributed by atoms with Crippen LogP contribution in [0.15, 0.2) is 24.3 Å². The molecule has 0 atom stereocenters. The van der Waals surface area contributed by atoms with Gasteiger partial charge in [0.05, 0.1) is 12.8 Å². The molecule has 1 heterocycles. The van der Waals surface area contributed by atoms with Gasteiger partial charge in [0.25, 0.3) is 0 Å². The summed E-state index contributed by atoms with van der Waals surface area (Å²) >= 11 is 0. The lowest BCUT2D eigenvalue weighted by molar-refractivity contribution is 0.0593. The smallest absolute Gasteiger partial charge is 0.358 e. The highest BCUT2D eigenvalue weighted by Crippen LogP contribution is 2.31. The number of methoxy groups -OCH3 is 1. The fraction of sp³-hybridized carbons (Fsp3) is 0.450. The minimum absolute atomic E-state index is 0.0385. The minimum Gasteiger partial charge on any atom is -0.477 e. The number of carboxylic acid groups (broad SMARTS) is 1. The maximum absolute atomic E-state index is 11.8. The van der Waals surface area contributed by atoms with Crippen molar-refractivity contribution < 1.29 is 19.4 Å². The van der Waals surface area contributed by atoms with Crippen molar-refractivity contribution >= 4 is 11.9 Å². The number of aromatic carboxylic acids is 1. The Morgan fingerprint density at radius 2 is 1.46 bits per heavy atom. The lowest BCUT2D eigenvalue weighted by Gasteiger charge is -2.26. The van der Waals surface area contributed by atoms with E-state index >= 15 is 0 Å². The number of nitrogens with zero attached hydrogens (tertiary/aromatic N) is 2. The van der Waals surface area contributed by atoms with Crippen LogP contribution in [-0.4, -0.2) is 33.9 Å². The second-order valence-electron chi connectivity index (χ2n) is 8.39. The van der Waals surface area contributed by atoms with Crippen LogP contribution in [0.2, 0.25) is 0 Å². The number of carbonyl (C=O) groups is 2. The first-order valence-corrected chi connectivity index (χ1v) is 8.42. The third kappa shape index (κ3) is 3.95.